The third kappa shape index (κ3) is 3.10. The van der Waals surface area contributed by atoms with Crippen molar-refractivity contribution in [3.63, 3.8) is 0 Å². The third-order valence-corrected chi connectivity index (χ3v) is 4.25. The molecule has 1 fully saturated rings. The molecular formula is C16H21N5O2. The summed E-state index contributed by atoms with van der Waals surface area (Å²) in [5.41, 5.74) is 1.85. The number of carbonyl (C=O) groups is 1. The molecule has 3 heterocycles. The lowest BCUT2D eigenvalue weighted by Gasteiger charge is -2.18. The normalized spacial score (nSPS) is 20.7. The molecular weight excluding hydrogens is 294 g/mol. The van der Waals surface area contributed by atoms with Gasteiger partial charge in [0.2, 0.25) is 5.91 Å². The molecule has 2 atom stereocenters. The monoisotopic (exact) mass is 315 g/mol. The maximum atomic E-state index is 12.6. The van der Waals surface area contributed by atoms with Crippen LogP contribution in [0, 0.1) is 19.8 Å². The smallest absolute Gasteiger partial charge is 0.231 e. The Labute approximate surface area is 135 Å². The van der Waals surface area contributed by atoms with E-state index < -0.39 is 0 Å². The number of hydrogen-bond donors (Lipinski definition) is 1. The molecule has 122 valence electrons. The average molecular weight is 315 g/mol. The van der Waals surface area contributed by atoms with Gasteiger partial charge in [-0.05, 0) is 38.8 Å². The summed E-state index contributed by atoms with van der Waals surface area (Å²) in [7, 11) is 0. The predicted molar refractivity (Wildman–Crippen MR) is 84.8 cm³/mol. The number of ether oxygens (including phenoxy) is 1. The number of rotatable bonds is 4. The second-order valence-corrected chi connectivity index (χ2v) is 5.75. The van der Waals surface area contributed by atoms with E-state index in [0.717, 1.165) is 23.6 Å². The Morgan fingerprint density at radius 3 is 3.00 bits per heavy atom. The number of nitrogens with zero attached hydrogens (tertiary/aromatic N) is 4. The van der Waals surface area contributed by atoms with Crippen LogP contribution in [0.3, 0.4) is 0 Å². The van der Waals surface area contributed by atoms with E-state index in [4.69, 9.17) is 4.74 Å². The highest BCUT2D eigenvalue weighted by molar-refractivity contribution is 5.92. The number of nitrogens with one attached hydrogen (secondary N) is 1. The van der Waals surface area contributed by atoms with Crippen LogP contribution in [-0.2, 0) is 16.1 Å². The van der Waals surface area contributed by atoms with E-state index >= 15 is 0 Å². The molecule has 23 heavy (non-hydrogen) atoms. The van der Waals surface area contributed by atoms with Crippen LogP contribution in [0.25, 0.3) is 0 Å². The summed E-state index contributed by atoms with van der Waals surface area (Å²) in [6.07, 6.45) is 4.00. The van der Waals surface area contributed by atoms with Crippen molar-refractivity contribution in [3.8, 4) is 0 Å². The number of aryl methyl sites for hydroxylation is 3. The Morgan fingerprint density at radius 1 is 1.43 bits per heavy atom. The van der Waals surface area contributed by atoms with Gasteiger partial charge in [0, 0.05) is 25.5 Å². The maximum absolute atomic E-state index is 12.6. The molecule has 2 aromatic rings. The molecule has 0 unspecified atom stereocenters. The van der Waals surface area contributed by atoms with Crippen molar-refractivity contribution in [3.05, 3.63) is 35.5 Å². The number of carbonyl (C=O) groups excluding carboxylic acids is 1. The molecule has 7 heteroatoms. The zero-order valence-corrected chi connectivity index (χ0v) is 13.6. The van der Waals surface area contributed by atoms with Crippen molar-refractivity contribution < 1.29 is 9.53 Å². The van der Waals surface area contributed by atoms with Gasteiger partial charge in [-0.2, -0.15) is 5.10 Å². The lowest BCUT2D eigenvalue weighted by atomic mass is 9.99. The quantitative estimate of drug-likeness (QED) is 0.933. The van der Waals surface area contributed by atoms with Gasteiger partial charge >= 0.3 is 0 Å². The standard InChI is InChI=1S/C16H21N5O2/c1-4-21-7-6-17-15(21)14-12(5-8-23-14)16(22)18-13-9-10(2)11(3)19-20-13/h6-7,9,12,14H,4-5,8H2,1-3H3,(H,18,20,22)/t12-,14-/m1/s1. The van der Waals surface area contributed by atoms with Crippen molar-refractivity contribution in [2.24, 2.45) is 5.92 Å². The van der Waals surface area contributed by atoms with Crippen LogP contribution in [0.1, 0.15) is 36.5 Å². The first-order valence-corrected chi connectivity index (χ1v) is 7.84. The molecule has 1 aliphatic rings. The van der Waals surface area contributed by atoms with E-state index in [1.807, 2.05) is 37.6 Å². The van der Waals surface area contributed by atoms with Gasteiger partial charge in [-0.25, -0.2) is 4.98 Å². The second-order valence-electron chi connectivity index (χ2n) is 5.75. The second kappa shape index (κ2) is 6.45. The number of hydrogen-bond acceptors (Lipinski definition) is 5. The van der Waals surface area contributed by atoms with E-state index in [2.05, 4.69) is 20.5 Å². The van der Waals surface area contributed by atoms with Crippen molar-refractivity contribution in [1.29, 1.82) is 0 Å². The fraction of sp³-hybridized carbons (Fsp3) is 0.500. The maximum Gasteiger partial charge on any atom is 0.231 e. The summed E-state index contributed by atoms with van der Waals surface area (Å²) in [4.78, 5) is 17.0. The van der Waals surface area contributed by atoms with Gasteiger partial charge in [-0.15, -0.1) is 5.10 Å². The highest BCUT2D eigenvalue weighted by Crippen LogP contribution is 2.34. The third-order valence-electron chi connectivity index (χ3n) is 4.25. The van der Waals surface area contributed by atoms with E-state index in [-0.39, 0.29) is 17.9 Å². The van der Waals surface area contributed by atoms with Crippen LogP contribution in [0.2, 0.25) is 0 Å². The fourth-order valence-electron chi connectivity index (χ4n) is 2.78. The van der Waals surface area contributed by atoms with Gasteiger partial charge in [0.25, 0.3) is 0 Å². The van der Waals surface area contributed by atoms with Gasteiger partial charge in [0.1, 0.15) is 11.9 Å². The van der Waals surface area contributed by atoms with Crippen LogP contribution >= 0.6 is 0 Å². The Balaban J connectivity index is 1.77. The topological polar surface area (TPSA) is 81.9 Å². The van der Waals surface area contributed by atoms with Crippen LogP contribution < -0.4 is 5.32 Å². The first kappa shape index (κ1) is 15.6. The largest absolute Gasteiger partial charge is 0.369 e. The first-order chi connectivity index (χ1) is 11.1. The predicted octanol–water partition coefficient (Wildman–Crippen LogP) is 2.03. The molecule has 7 nitrogen and oxygen atoms in total. The zero-order chi connectivity index (χ0) is 16.4. The summed E-state index contributed by atoms with van der Waals surface area (Å²) in [6, 6.07) is 1.83. The zero-order valence-electron chi connectivity index (χ0n) is 13.6. The molecule has 0 aromatic carbocycles. The van der Waals surface area contributed by atoms with E-state index in [9.17, 15) is 4.79 Å². The Bertz CT molecular complexity index is 712. The van der Waals surface area contributed by atoms with Gasteiger partial charge in [0.15, 0.2) is 5.82 Å². The lowest BCUT2D eigenvalue weighted by Crippen LogP contribution is -2.27. The summed E-state index contributed by atoms with van der Waals surface area (Å²) in [5.74, 6) is 0.903. The van der Waals surface area contributed by atoms with E-state index in [1.54, 1.807) is 6.20 Å². The SMILES string of the molecule is CCn1ccnc1[C@@H]1OCC[C@H]1C(=O)Nc1cc(C)c(C)nn1. The Morgan fingerprint density at radius 2 is 2.26 bits per heavy atom. The minimum absolute atomic E-state index is 0.101. The summed E-state index contributed by atoms with van der Waals surface area (Å²) < 4.78 is 7.78. The van der Waals surface area contributed by atoms with Gasteiger partial charge < -0.3 is 14.6 Å². The number of anilines is 1. The fourth-order valence-corrected chi connectivity index (χ4v) is 2.78. The molecule has 0 saturated carbocycles. The molecule has 0 aliphatic carbocycles. The molecule has 1 saturated heterocycles. The summed E-state index contributed by atoms with van der Waals surface area (Å²) >= 11 is 0. The van der Waals surface area contributed by atoms with Gasteiger partial charge in [0.05, 0.1) is 11.6 Å². The van der Waals surface area contributed by atoms with Crippen molar-refractivity contribution in [1.82, 2.24) is 19.7 Å². The van der Waals surface area contributed by atoms with Crippen LogP contribution in [0.4, 0.5) is 5.82 Å². The van der Waals surface area contributed by atoms with E-state index in [1.165, 1.54) is 0 Å². The van der Waals surface area contributed by atoms with E-state index in [0.29, 0.717) is 18.8 Å². The minimum Gasteiger partial charge on any atom is -0.369 e. The molecule has 2 aromatic heterocycles. The summed E-state index contributed by atoms with van der Waals surface area (Å²) in [5, 5.41) is 10.9. The molecule has 3 rings (SSSR count). The minimum atomic E-state index is -0.315. The number of aromatic nitrogens is 4. The number of amides is 1. The molecule has 1 N–H and O–H groups in total. The van der Waals surface area contributed by atoms with Crippen molar-refractivity contribution in [2.75, 3.05) is 11.9 Å². The molecule has 0 spiro atoms. The Kier molecular flexibility index (Phi) is 4.38. The highest BCUT2D eigenvalue weighted by atomic mass is 16.5. The van der Waals surface area contributed by atoms with Crippen LogP contribution in [0.5, 0.6) is 0 Å². The Hall–Kier alpha value is -2.28. The van der Waals surface area contributed by atoms with Crippen molar-refractivity contribution in [2.45, 2.75) is 39.8 Å². The first-order valence-electron chi connectivity index (χ1n) is 7.84. The lowest BCUT2D eigenvalue weighted by molar-refractivity contribution is -0.121. The average Bonchev–Trinajstić information content (AvgIpc) is 3.18. The van der Waals surface area contributed by atoms with Gasteiger partial charge in [-0.3, -0.25) is 4.79 Å². The summed E-state index contributed by atoms with van der Waals surface area (Å²) in [6.45, 7) is 7.22. The van der Waals surface area contributed by atoms with Crippen LogP contribution in [0.15, 0.2) is 18.5 Å². The van der Waals surface area contributed by atoms with Gasteiger partial charge in [-0.1, -0.05) is 0 Å². The van der Waals surface area contributed by atoms with Crippen LogP contribution in [-0.4, -0.2) is 32.3 Å². The molecule has 0 radical (unpaired) electrons. The molecule has 1 amide bonds. The molecule has 0 bridgehead atoms. The van der Waals surface area contributed by atoms with Crippen molar-refractivity contribution >= 4 is 11.7 Å². The molecule has 1 aliphatic heterocycles. The number of imidazole rings is 1. The highest BCUT2D eigenvalue weighted by Gasteiger charge is 2.37.